The quantitative estimate of drug-likeness (QED) is 0.0503. The van der Waals surface area contributed by atoms with Crippen LogP contribution >= 0.6 is 0 Å². The molecule has 22 N–H and O–H groups in total. The Kier molecular flexibility index (Phi) is 20.5. The molecule has 6 amide bonds. The molecule has 0 aromatic rings. The van der Waals surface area contributed by atoms with Crippen molar-refractivity contribution in [3.63, 3.8) is 0 Å². The number of carbonyl (C=O) groups is 7. The summed E-state index contributed by atoms with van der Waals surface area (Å²) in [5.74, 6) is -7.19. The first-order valence-corrected chi connectivity index (χ1v) is 24.9. The summed E-state index contributed by atoms with van der Waals surface area (Å²) in [5, 5.41) is 160. The van der Waals surface area contributed by atoms with Gasteiger partial charge in [0.2, 0.25) is 0 Å². The standard InChI is InChI=1S/C43H67N7O29/c1-72-43(71)36-29(64)22(57)15(79-36)8-50-42(70)35-28(63)21(56)14(78-35)7-49-41(69)34-27(62)20(55)13(77-34)6-48-40(68)33-26(61)19(54)12(76-33)5-47-39(67)32-25(60)18(53)11(75-32)4-46-38(66)31-24(59)17(52)10(74-31)3-45-37(65)30-23(58)16(51)9(2-44)73-30/h9-36,51-64H,2-8,44H2,1H3,(H,45,65)(H,46,66)(H,47,67)(H,48,68)(H,49,69)(H,50,70)/t9-,10-,11-,12-,13-,14-,15-,16-,17-,18-,19-,20-,21-,22-,23+,24+,25+,26+,27+,28+,29+,30+,31+,32+,33+,34+,35+,36+/m1/s1. The molecule has 79 heavy (non-hydrogen) atoms. The molecule has 0 aromatic heterocycles. The molecule has 0 saturated carbocycles. The van der Waals surface area contributed by atoms with Gasteiger partial charge in [-0.3, -0.25) is 28.8 Å². The fraction of sp³-hybridized carbons (Fsp3) is 0.837. The summed E-state index contributed by atoms with van der Waals surface area (Å²) in [4.78, 5) is 89.5. The van der Waals surface area contributed by atoms with Gasteiger partial charge >= 0.3 is 5.97 Å². The van der Waals surface area contributed by atoms with Crippen LogP contribution in [0.5, 0.6) is 0 Å². The van der Waals surface area contributed by atoms with Crippen molar-refractivity contribution in [3.8, 4) is 0 Å². The van der Waals surface area contributed by atoms with Gasteiger partial charge in [-0.15, -0.1) is 0 Å². The summed E-state index contributed by atoms with van der Waals surface area (Å²) >= 11 is 0. The van der Waals surface area contributed by atoms with Crippen LogP contribution in [0.3, 0.4) is 0 Å². The molecular formula is C43H67N7O29. The molecule has 0 radical (unpaired) electrons. The molecule has 28 atom stereocenters. The van der Waals surface area contributed by atoms with Crippen molar-refractivity contribution in [2.24, 2.45) is 5.73 Å². The smallest absolute Gasteiger partial charge is 0.337 e. The third-order valence-electron chi connectivity index (χ3n) is 14.6. The second kappa shape index (κ2) is 26.1. The average Bonchev–Trinajstić information content (AvgIpc) is 4.29. The van der Waals surface area contributed by atoms with E-state index in [2.05, 4.69) is 36.6 Å². The number of hydrogen-bond acceptors (Lipinski definition) is 30. The number of rotatable bonds is 20. The monoisotopic (exact) mass is 1150 g/mol. The number of amides is 6. The van der Waals surface area contributed by atoms with Gasteiger partial charge in [0.15, 0.2) is 42.7 Å². The minimum atomic E-state index is -1.91. The Bertz CT molecular complexity index is 2190. The highest BCUT2D eigenvalue weighted by Crippen LogP contribution is 2.29. The van der Waals surface area contributed by atoms with Gasteiger partial charge < -0.3 is 147 Å². The number of nitrogens with two attached hydrogens (primary N) is 1. The first-order chi connectivity index (χ1) is 37.3. The van der Waals surface area contributed by atoms with Gasteiger partial charge in [0.1, 0.15) is 122 Å². The van der Waals surface area contributed by atoms with Crippen molar-refractivity contribution in [1.29, 1.82) is 0 Å². The van der Waals surface area contributed by atoms with Crippen LogP contribution in [0.25, 0.3) is 0 Å². The van der Waals surface area contributed by atoms with Crippen molar-refractivity contribution >= 4 is 41.4 Å². The zero-order valence-corrected chi connectivity index (χ0v) is 41.6. The van der Waals surface area contributed by atoms with Crippen LogP contribution in [0, 0.1) is 0 Å². The first kappa shape index (κ1) is 62.0. The van der Waals surface area contributed by atoms with E-state index >= 15 is 0 Å². The van der Waals surface area contributed by atoms with Crippen LogP contribution in [-0.2, 0) is 71.5 Å². The average molecular weight is 1150 g/mol. The van der Waals surface area contributed by atoms with E-state index in [1.165, 1.54) is 0 Å². The van der Waals surface area contributed by atoms with Crippen LogP contribution in [0.15, 0.2) is 0 Å². The fourth-order valence-electron chi connectivity index (χ4n) is 9.87. The molecule has 7 fully saturated rings. The van der Waals surface area contributed by atoms with Crippen molar-refractivity contribution < 1.29 is 143 Å². The van der Waals surface area contributed by atoms with Crippen LogP contribution in [0.1, 0.15) is 0 Å². The lowest BCUT2D eigenvalue weighted by atomic mass is 10.1. The van der Waals surface area contributed by atoms with Gasteiger partial charge in [-0.25, -0.2) is 4.79 Å². The lowest BCUT2D eigenvalue weighted by Crippen LogP contribution is -2.47. The number of aliphatic hydroxyl groups is 14. The Labute approximate surface area is 445 Å². The number of nitrogens with one attached hydrogen (secondary N) is 6. The number of hydrogen-bond donors (Lipinski definition) is 21. The third-order valence-corrected chi connectivity index (χ3v) is 14.6. The number of aliphatic hydroxyl groups excluding tert-OH is 14. The zero-order valence-electron chi connectivity index (χ0n) is 41.6. The van der Waals surface area contributed by atoms with Gasteiger partial charge in [0, 0.05) is 45.8 Å². The van der Waals surface area contributed by atoms with Gasteiger partial charge in [-0.05, 0) is 0 Å². The lowest BCUT2D eigenvalue weighted by Gasteiger charge is -2.19. The number of methoxy groups -OCH3 is 1. The molecule has 7 rings (SSSR count). The summed E-state index contributed by atoms with van der Waals surface area (Å²) in [7, 11) is 1.03. The van der Waals surface area contributed by atoms with Crippen LogP contribution in [-0.4, -0.2) is 337 Å². The minimum absolute atomic E-state index is 0.198. The molecule has 36 heteroatoms. The first-order valence-electron chi connectivity index (χ1n) is 24.9. The van der Waals surface area contributed by atoms with Crippen molar-refractivity contribution in [3.05, 3.63) is 0 Å². The molecule has 36 nitrogen and oxygen atoms in total. The third kappa shape index (κ3) is 13.0. The Balaban J connectivity index is 0.800. The second-order valence-electron chi connectivity index (χ2n) is 19.8. The summed E-state index contributed by atoms with van der Waals surface area (Å²) in [6.07, 6.45) is -46.0. The maximum atomic E-state index is 13.1. The Hall–Kier alpha value is -4.59. The van der Waals surface area contributed by atoms with Gasteiger partial charge in [-0.1, -0.05) is 0 Å². The number of esters is 1. The molecule has 0 aromatic carbocycles. The van der Waals surface area contributed by atoms with E-state index in [9.17, 15) is 105 Å². The molecule has 448 valence electrons. The molecule has 0 bridgehead atoms. The molecule has 0 spiro atoms. The summed E-state index contributed by atoms with van der Waals surface area (Å²) in [6.45, 7) is -3.57. The Morgan fingerprint density at radius 3 is 0.646 bits per heavy atom. The van der Waals surface area contributed by atoms with Crippen molar-refractivity contribution in [2.45, 2.75) is 171 Å². The van der Waals surface area contributed by atoms with Gasteiger partial charge in [0.05, 0.1) is 13.2 Å². The topological polar surface area (TPSA) is 575 Å². The van der Waals surface area contributed by atoms with Crippen molar-refractivity contribution in [2.75, 3.05) is 52.9 Å². The molecule has 0 unspecified atom stereocenters. The summed E-state index contributed by atoms with van der Waals surface area (Å²) in [6, 6.07) is 0. The molecule has 7 aliphatic heterocycles. The highest BCUT2D eigenvalue weighted by Gasteiger charge is 2.54. The fourth-order valence-corrected chi connectivity index (χ4v) is 9.87. The number of ether oxygens (including phenoxy) is 8. The number of carbonyl (C=O) groups excluding carboxylic acids is 7. The van der Waals surface area contributed by atoms with E-state index < -0.39 is 252 Å². The van der Waals surface area contributed by atoms with Crippen LogP contribution in [0.2, 0.25) is 0 Å². The maximum absolute atomic E-state index is 13.1. The second-order valence-corrected chi connectivity index (χ2v) is 19.8. The summed E-state index contributed by atoms with van der Waals surface area (Å²) < 4.78 is 42.3. The van der Waals surface area contributed by atoms with Crippen LogP contribution < -0.4 is 37.6 Å². The van der Waals surface area contributed by atoms with Crippen molar-refractivity contribution in [1.82, 2.24) is 31.9 Å². The molecule has 0 aliphatic carbocycles. The van der Waals surface area contributed by atoms with E-state index in [-0.39, 0.29) is 6.54 Å². The van der Waals surface area contributed by atoms with E-state index in [1.807, 2.05) is 0 Å². The van der Waals surface area contributed by atoms with Crippen LogP contribution in [0.4, 0.5) is 0 Å². The predicted octanol–water partition coefficient (Wildman–Crippen LogP) is -16.8. The lowest BCUT2D eigenvalue weighted by molar-refractivity contribution is -0.157. The van der Waals surface area contributed by atoms with E-state index in [0.29, 0.717) is 0 Å². The maximum Gasteiger partial charge on any atom is 0.337 e. The Morgan fingerprint density at radius 2 is 0.468 bits per heavy atom. The minimum Gasteiger partial charge on any atom is -0.467 e. The van der Waals surface area contributed by atoms with E-state index in [0.717, 1.165) is 7.11 Å². The predicted molar refractivity (Wildman–Crippen MR) is 244 cm³/mol. The summed E-state index contributed by atoms with van der Waals surface area (Å²) in [5.41, 5.74) is 5.46. The van der Waals surface area contributed by atoms with Gasteiger partial charge in [-0.2, -0.15) is 0 Å². The highest BCUT2D eigenvalue weighted by molar-refractivity contribution is 5.85. The zero-order chi connectivity index (χ0) is 58.1. The SMILES string of the molecule is COC(=O)[C@H]1O[C@H](CNC(=O)[C@H]2O[C@H](CNC(=O)[C@H]3O[C@H](CNC(=O)[C@H]4O[C@H](CNC(=O)[C@H]5O[C@H](CNC(=O)[C@H]6O[C@H](CNC(=O)[C@H]7O[C@H](CN)[C@@H](O)[C@@H]7O)[C@@H](O)[C@@H]6O)[C@@H](O)[C@@H]5O)[C@@H](O)[C@@H]4O)[C@@H](O)[C@@H]3O)[C@@H](O)[C@@H]2O)[C@@H](O)[C@@H]1O. The van der Waals surface area contributed by atoms with E-state index in [4.69, 9.17) is 38.9 Å². The van der Waals surface area contributed by atoms with Gasteiger partial charge in [0.25, 0.3) is 35.4 Å². The highest BCUT2D eigenvalue weighted by atomic mass is 16.6. The largest absolute Gasteiger partial charge is 0.467 e. The molecule has 7 saturated heterocycles. The Morgan fingerprint density at radius 1 is 0.304 bits per heavy atom. The molecular weight excluding hydrogens is 1080 g/mol. The molecule has 7 aliphatic rings. The van der Waals surface area contributed by atoms with E-state index in [1.54, 1.807) is 0 Å². The normalized spacial score (nSPS) is 44.6. The molecule has 7 heterocycles.